The zero-order chi connectivity index (χ0) is 22.2. The molecular weight excluding hydrogens is 392 g/mol. The maximum absolute atomic E-state index is 6.25. The number of benzene rings is 2. The quantitative estimate of drug-likeness (QED) is 0.477. The minimum Gasteiger partial charge on any atom is -0.497 e. The number of fused-ring (bicyclic) bond motifs is 1. The molecular formula is C24H26N4O3. The highest BCUT2D eigenvalue weighted by molar-refractivity contribution is 6.01. The third-order valence-corrected chi connectivity index (χ3v) is 5.08. The summed E-state index contributed by atoms with van der Waals surface area (Å²) in [5.41, 5.74) is 8.75. The summed E-state index contributed by atoms with van der Waals surface area (Å²) in [5, 5.41) is 0.820. The van der Waals surface area contributed by atoms with Gasteiger partial charge < -0.3 is 24.5 Å². The Labute approximate surface area is 181 Å². The summed E-state index contributed by atoms with van der Waals surface area (Å²) < 4.78 is 19.1. The van der Waals surface area contributed by atoms with Gasteiger partial charge in [-0.1, -0.05) is 12.1 Å². The number of methoxy groups -OCH3 is 2. The van der Waals surface area contributed by atoms with Gasteiger partial charge in [0, 0.05) is 23.4 Å². The molecule has 0 fully saturated rings. The molecule has 4 rings (SSSR count). The first-order valence-corrected chi connectivity index (χ1v) is 9.94. The van der Waals surface area contributed by atoms with Gasteiger partial charge in [-0.3, -0.25) is 0 Å². The fourth-order valence-corrected chi connectivity index (χ4v) is 3.53. The van der Waals surface area contributed by atoms with E-state index in [1.165, 1.54) is 6.33 Å². The molecule has 7 nitrogen and oxygen atoms in total. The van der Waals surface area contributed by atoms with Crippen molar-refractivity contribution in [3.8, 4) is 34.1 Å². The average molecular weight is 418 g/mol. The zero-order valence-corrected chi connectivity index (χ0v) is 18.3. The molecule has 0 unspecified atom stereocenters. The summed E-state index contributed by atoms with van der Waals surface area (Å²) in [6.45, 7) is 6.38. The minimum absolute atomic E-state index is 0.170. The Morgan fingerprint density at radius 2 is 1.68 bits per heavy atom. The van der Waals surface area contributed by atoms with Crippen LogP contribution in [0.5, 0.6) is 23.0 Å². The van der Waals surface area contributed by atoms with Crippen molar-refractivity contribution in [2.75, 3.05) is 20.0 Å². The molecule has 2 N–H and O–H groups in total. The predicted octanol–water partition coefficient (Wildman–Crippen LogP) is 5.25. The van der Waals surface area contributed by atoms with Crippen molar-refractivity contribution in [3.63, 3.8) is 0 Å². The summed E-state index contributed by atoms with van der Waals surface area (Å²) in [4.78, 5) is 8.70. The number of aromatic nitrogens is 3. The Hall–Kier alpha value is -3.74. The van der Waals surface area contributed by atoms with Crippen molar-refractivity contribution in [1.82, 2.24) is 14.5 Å². The molecule has 0 atom stereocenters. The lowest BCUT2D eigenvalue weighted by atomic mass is 10.1. The van der Waals surface area contributed by atoms with E-state index < -0.39 is 0 Å². The van der Waals surface area contributed by atoms with Gasteiger partial charge in [-0.15, -0.1) is 0 Å². The van der Waals surface area contributed by atoms with Crippen molar-refractivity contribution in [3.05, 3.63) is 55.0 Å². The van der Waals surface area contributed by atoms with E-state index in [4.69, 9.17) is 19.9 Å². The van der Waals surface area contributed by atoms with Crippen molar-refractivity contribution in [2.45, 2.75) is 26.3 Å². The van der Waals surface area contributed by atoms with Crippen LogP contribution in [0.15, 0.2) is 55.0 Å². The zero-order valence-electron chi connectivity index (χ0n) is 18.3. The molecule has 160 valence electrons. The van der Waals surface area contributed by atoms with E-state index in [-0.39, 0.29) is 5.54 Å². The van der Waals surface area contributed by atoms with Crippen LogP contribution >= 0.6 is 0 Å². The number of nitrogen functional groups attached to an aromatic ring is 1. The first kappa shape index (κ1) is 20.5. The highest BCUT2D eigenvalue weighted by atomic mass is 16.5. The summed E-state index contributed by atoms with van der Waals surface area (Å²) >= 11 is 0. The smallest absolute Gasteiger partial charge is 0.169 e. The molecule has 0 aliphatic heterocycles. The molecule has 2 aromatic heterocycles. The van der Waals surface area contributed by atoms with Gasteiger partial charge in [0.05, 0.1) is 19.6 Å². The van der Waals surface area contributed by atoms with Crippen LogP contribution < -0.4 is 19.9 Å². The van der Waals surface area contributed by atoms with E-state index in [2.05, 4.69) is 41.5 Å². The Kier molecular flexibility index (Phi) is 5.19. The average Bonchev–Trinajstić information content (AvgIpc) is 3.16. The number of nitrogens with zero attached hydrogens (tertiary/aromatic N) is 3. The SMILES string of the molecule is COc1cccc(Oc2ccc(-c3cn(C(C)(C)C)c4ncnc(N)c34)cc2OC)c1. The second-order valence-electron chi connectivity index (χ2n) is 8.19. The van der Waals surface area contributed by atoms with Crippen LogP contribution in [0.25, 0.3) is 22.2 Å². The fraction of sp³-hybridized carbons (Fsp3) is 0.250. The third-order valence-electron chi connectivity index (χ3n) is 5.08. The van der Waals surface area contributed by atoms with Crippen molar-refractivity contribution in [2.24, 2.45) is 0 Å². The number of nitrogens with two attached hydrogens (primary N) is 1. The number of anilines is 1. The molecule has 2 aromatic carbocycles. The van der Waals surface area contributed by atoms with Gasteiger partial charge in [-0.05, 0) is 50.6 Å². The summed E-state index contributed by atoms with van der Waals surface area (Å²) in [6.07, 6.45) is 3.56. The summed E-state index contributed by atoms with van der Waals surface area (Å²) in [7, 11) is 3.24. The van der Waals surface area contributed by atoms with E-state index in [0.717, 1.165) is 27.9 Å². The van der Waals surface area contributed by atoms with Crippen molar-refractivity contribution < 1.29 is 14.2 Å². The number of ether oxygens (including phenoxy) is 3. The molecule has 0 aliphatic rings. The fourth-order valence-electron chi connectivity index (χ4n) is 3.53. The van der Waals surface area contributed by atoms with Crippen LogP contribution in [0, 0.1) is 0 Å². The maximum atomic E-state index is 6.25. The topological polar surface area (TPSA) is 84.4 Å². The molecule has 0 saturated carbocycles. The van der Waals surface area contributed by atoms with E-state index in [1.54, 1.807) is 14.2 Å². The lowest BCUT2D eigenvalue weighted by Gasteiger charge is -2.21. The molecule has 0 spiro atoms. The van der Waals surface area contributed by atoms with E-state index in [1.807, 2.05) is 42.5 Å². The summed E-state index contributed by atoms with van der Waals surface area (Å²) in [6, 6.07) is 13.2. The molecule has 7 heteroatoms. The maximum Gasteiger partial charge on any atom is 0.169 e. The lowest BCUT2D eigenvalue weighted by Crippen LogP contribution is -2.21. The lowest BCUT2D eigenvalue weighted by molar-refractivity contribution is 0.376. The van der Waals surface area contributed by atoms with Crippen molar-refractivity contribution in [1.29, 1.82) is 0 Å². The molecule has 0 aliphatic carbocycles. The number of hydrogen-bond donors (Lipinski definition) is 1. The van der Waals surface area contributed by atoms with Crippen LogP contribution in [0.4, 0.5) is 5.82 Å². The van der Waals surface area contributed by atoms with Crippen LogP contribution in [-0.4, -0.2) is 28.8 Å². The second-order valence-corrected chi connectivity index (χ2v) is 8.19. The molecule has 0 saturated heterocycles. The van der Waals surface area contributed by atoms with Gasteiger partial charge in [0.15, 0.2) is 11.5 Å². The molecule has 0 bridgehead atoms. The molecule has 2 heterocycles. The van der Waals surface area contributed by atoms with Crippen molar-refractivity contribution >= 4 is 16.9 Å². The highest BCUT2D eigenvalue weighted by Crippen LogP contribution is 2.40. The monoisotopic (exact) mass is 418 g/mol. The van der Waals surface area contributed by atoms with Gasteiger partial charge in [0.2, 0.25) is 0 Å². The van der Waals surface area contributed by atoms with Gasteiger partial charge in [-0.25, -0.2) is 9.97 Å². The Morgan fingerprint density at radius 3 is 2.39 bits per heavy atom. The van der Waals surface area contributed by atoms with Gasteiger partial charge in [0.25, 0.3) is 0 Å². The van der Waals surface area contributed by atoms with Crippen LogP contribution in [0.1, 0.15) is 20.8 Å². The Morgan fingerprint density at radius 1 is 0.903 bits per heavy atom. The Balaban J connectivity index is 1.80. The van der Waals surface area contributed by atoms with Gasteiger partial charge >= 0.3 is 0 Å². The van der Waals surface area contributed by atoms with Crippen LogP contribution in [-0.2, 0) is 5.54 Å². The highest BCUT2D eigenvalue weighted by Gasteiger charge is 2.22. The largest absolute Gasteiger partial charge is 0.497 e. The normalized spacial score (nSPS) is 11.5. The standard InChI is InChI=1S/C24H26N4O3/c1-24(2,3)28-13-18(21-22(25)26-14-27-23(21)28)15-9-10-19(20(11-15)30-5)31-17-8-6-7-16(12-17)29-4/h6-14H,1-5H3,(H2,25,26,27). The minimum atomic E-state index is -0.170. The first-order chi connectivity index (χ1) is 14.8. The number of rotatable bonds is 5. The molecule has 31 heavy (non-hydrogen) atoms. The first-order valence-electron chi connectivity index (χ1n) is 9.94. The van der Waals surface area contributed by atoms with E-state index in [0.29, 0.717) is 23.1 Å². The Bertz CT molecular complexity index is 1240. The molecule has 4 aromatic rings. The molecule has 0 amide bonds. The predicted molar refractivity (Wildman–Crippen MR) is 122 cm³/mol. The number of hydrogen-bond acceptors (Lipinski definition) is 6. The van der Waals surface area contributed by atoms with Crippen LogP contribution in [0.3, 0.4) is 0 Å². The molecule has 0 radical (unpaired) electrons. The van der Waals surface area contributed by atoms with Gasteiger partial charge in [-0.2, -0.15) is 0 Å². The van der Waals surface area contributed by atoms with E-state index in [9.17, 15) is 0 Å². The van der Waals surface area contributed by atoms with Crippen LogP contribution in [0.2, 0.25) is 0 Å². The van der Waals surface area contributed by atoms with E-state index >= 15 is 0 Å². The summed E-state index contributed by atoms with van der Waals surface area (Å²) in [5.74, 6) is 3.03. The van der Waals surface area contributed by atoms with Gasteiger partial charge in [0.1, 0.15) is 29.3 Å². The third kappa shape index (κ3) is 3.86. The second kappa shape index (κ2) is 7.83.